The highest BCUT2D eigenvalue weighted by atomic mass is 32.1. The lowest BCUT2D eigenvalue weighted by atomic mass is 9.96. The topological polar surface area (TPSA) is 51.2 Å². The molecule has 1 heterocycles. The van der Waals surface area contributed by atoms with Gasteiger partial charge in [-0.2, -0.15) is 0 Å². The minimum Gasteiger partial charge on any atom is -0.406 e. The number of amides is 1. The second-order valence-corrected chi connectivity index (χ2v) is 6.43. The lowest BCUT2D eigenvalue weighted by Crippen LogP contribution is -2.27. The van der Waals surface area contributed by atoms with E-state index in [1.165, 1.54) is 18.2 Å². The zero-order valence-electron chi connectivity index (χ0n) is 11.5. The fourth-order valence-electron chi connectivity index (χ4n) is 1.44. The molecule has 0 saturated carbocycles. The van der Waals surface area contributed by atoms with E-state index in [1.807, 2.05) is 0 Å². The van der Waals surface area contributed by atoms with Gasteiger partial charge in [0.05, 0.1) is 10.2 Å². The van der Waals surface area contributed by atoms with Crippen LogP contribution in [0, 0.1) is 5.41 Å². The SMILES string of the molecule is CC(C)(C)C(=O)Nc1nc2ccc(OC(F)(F)F)cc2s1. The lowest BCUT2D eigenvalue weighted by molar-refractivity contribution is -0.274. The monoisotopic (exact) mass is 318 g/mol. The Bertz CT molecular complexity index is 674. The summed E-state index contributed by atoms with van der Waals surface area (Å²) >= 11 is 1.09. The van der Waals surface area contributed by atoms with Crippen LogP contribution in [-0.4, -0.2) is 17.3 Å². The number of rotatable bonds is 2. The third-order valence-electron chi connectivity index (χ3n) is 2.50. The van der Waals surface area contributed by atoms with Gasteiger partial charge in [0.25, 0.3) is 0 Å². The van der Waals surface area contributed by atoms with Crippen LogP contribution in [-0.2, 0) is 4.79 Å². The molecular weight excluding hydrogens is 305 g/mol. The van der Waals surface area contributed by atoms with Crippen molar-refractivity contribution in [2.75, 3.05) is 5.32 Å². The van der Waals surface area contributed by atoms with Gasteiger partial charge in [-0.3, -0.25) is 4.79 Å². The van der Waals surface area contributed by atoms with Gasteiger partial charge in [0.15, 0.2) is 5.13 Å². The van der Waals surface area contributed by atoms with Crippen LogP contribution in [0.15, 0.2) is 18.2 Å². The van der Waals surface area contributed by atoms with Crippen LogP contribution in [0.2, 0.25) is 0 Å². The number of hydrogen-bond acceptors (Lipinski definition) is 4. The van der Waals surface area contributed by atoms with Gasteiger partial charge in [-0.1, -0.05) is 32.1 Å². The summed E-state index contributed by atoms with van der Waals surface area (Å²) in [5.74, 6) is -0.527. The molecule has 0 aliphatic heterocycles. The van der Waals surface area contributed by atoms with E-state index < -0.39 is 11.8 Å². The maximum atomic E-state index is 12.2. The molecule has 0 bridgehead atoms. The Hall–Kier alpha value is -1.83. The van der Waals surface area contributed by atoms with Crippen LogP contribution in [0.5, 0.6) is 5.75 Å². The Labute approximate surface area is 122 Å². The number of halogens is 3. The minimum absolute atomic E-state index is 0.215. The zero-order chi connectivity index (χ0) is 15.8. The van der Waals surface area contributed by atoms with Crippen molar-refractivity contribution in [2.45, 2.75) is 27.1 Å². The summed E-state index contributed by atoms with van der Waals surface area (Å²) in [6.07, 6.45) is -4.73. The molecule has 1 amide bonds. The number of ether oxygens (including phenoxy) is 1. The third-order valence-corrected chi connectivity index (χ3v) is 3.43. The largest absolute Gasteiger partial charge is 0.573 e. The number of benzene rings is 1. The fraction of sp³-hybridized carbons (Fsp3) is 0.385. The van der Waals surface area contributed by atoms with Crippen LogP contribution in [0.3, 0.4) is 0 Å². The van der Waals surface area contributed by atoms with Crippen LogP contribution in [0.1, 0.15) is 20.8 Å². The molecule has 1 aromatic heterocycles. The quantitative estimate of drug-likeness (QED) is 0.903. The van der Waals surface area contributed by atoms with Gasteiger partial charge in [0.2, 0.25) is 5.91 Å². The molecular formula is C13H13F3N2O2S. The van der Waals surface area contributed by atoms with Crippen molar-refractivity contribution in [1.29, 1.82) is 0 Å². The predicted molar refractivity (Wildman–Crippen MR) is 74.4 cm³/mol. The number of carbonyl (C=O) groups excluding carboxylic acids is 1. The second kappa shape index (κ2) is 5.18. The molecule has 1 aromatic carbocycles. The first kappa shape index (κ1) is 15.6. The Morgan fingerprint density at radius 3 is 2.52 bits per heavy atom. The Kier molecular flexibility index (Phi) is 3.83. The molecule has 8 heteroatoms. The summed E-state index contributed by atoms with van der Waals surface area (Å²) in [6, 6.07) is 3.85. The number of alkyl halides is 3. The van der Waals surface area contributed by atoms with E-state index in [0.717, 1.165) is 11.3 Å². The van der Waals surface area contributed by atoms with Crippen molar-refractivity contribution in [3.63, 3.8) is 0 Å². The molecule has 0 unspecified atom stereocenters. The maximum Gasteiger partial charge on any atom is 0.573 e. The van der Waals surface area contributed by atoms with Crippen LogP contribution >= 0.6 is 11.3 Å². The molecule has 0 atom stereocenters. The first-order chi connectivity index (χ1) is 9.54. The summed E-state index contributed by atoms with van der Waals surface area (Å²) in [5, 5.41) is 2.99. The molecule has 0 spiro atoms. The van der Waals surface area contributed by atoms with Gasteiger partial charge < -0.3 is 10.1 Å². The molecule has 2 rings (SSSR count). The number of nitrogens with zero attached hydrogens (tertiary/aromatic N) is 1. The molecule has 0 aliphatic carbocycles. The van der Waals surface area contributed by atoms with Gasteiger partial charge in [-0.05, 0) is 12.1 Å². The molecule has 0 fully saturated rings. The van der Waals surface area contributed by atoms with Crippen molar-refractivity contribution >= 4 is 32.6 Å². The lowest BCUT2D eigenvalue weighted by Gasteiger charge is -2.15. The van der Waals surface area contributed by atoms with Gasteiger partial charge in [0.1, 0.15) is 5.75 Å². The zero-order valence-corrected chi connectivity index (χ0v) is 12.4. The van der Waals surface area contributed by atoms with E-state index >= 15 is 0 Å². The average Bonchev–Trinajstić information content (AvgIpc) is 2.66. The van der Waals surface area contributed by atoms with Gasteiger partial charge >= 0.3 is 6.36 Å². The number of thiazole rings is 1. The summed E-state index contributed by atoms with van der Waals surface area (Å²) in [5.41, 5.74) is -0.0821. The molecule has 21 heavy (non-hydrogen) atoms. The van der Waals surface area contributed by atoms with E-state index in [4.69, 9.17) is 0 Å². The molecule has 2 aromatic rings. The summed E-state index contributed by atoms with van der Waals surface area (Å²) in [6.45, 7) is 5.26. The van der Waals surface area contributed by atoms with E-state index in [0.29, 0.717) is 15.3 Å². The Morgan fingerprint density at radius 2 is 1.95 bits per heavy atom. The number of fused-ring (bicyclic) bond motifs is 1. The van der Waals surface area contributed by atoms with Gasteiger partial charge in [-0.25, -0.2) is 4.98 Å². The van der Waals surface area contributed by atoms with E-state index in [-0.39, 0.29) is 11.7 Å². The highest BCUT2D eigenvalue weighted by Crippen LogP contribution is 2.32. The normalized spacial score (nSPS) is 12.5. The molecule has 114 valence electrons. The highest BCUT2D eigenvalue weighted by molar-refractivity contribution is 7.22. The van der Waals surface area contributed by atoms with Crippen molar-refractivity contribution in [2.24, 2.45) is 5.41 Å². The summed E-state index contributed by atoms with van der Waals surface area (Å²) < 4.78 is 40.8. The van der Waals surface area contributed by atoms with E-state index in [2.05, 4.69) is 15.0 Å². The molecule has 1 N–H and O–H groups in total. The number of hydrogen-bond donors (Lipinski definition) is 1. The Morgan fingerprint density at radius 1 is 1.29 bits per heavy atom. The average molecular weight is 318 g/mol. The number of nitrogens with one attached hydrogen (secondary N) is 1. The first-order valence-corrected chi connectivity index (χ1v) is 6.84. The molecule has 0 saturated heterocycles. The van der Waals surface area contributed by atoms with E-state index in [1.54, 1.807) is 20.8 Å². The van der Waals surface area contributed by atoms with E-state index in [9.17, 15) is 18.0 Å². The molecule has 0 aliphatic rings. The first-order valence-electron chi connectivity index (χ1n) is 6.02. The highest BCUT2D eigenvalue weighted by Gasteiger charge is 2.31. The second-order valence-electron chi connectivity index (χ2n) is 5.40. The smallest absolute Gasteiger partial charge is 0.406 e. The number of carbonyl (C=O) groups is 1. The fourth-order valence-corrected chi connectivity index (χ4v) is 2.33. The maximum absolute atomic E-state index is 12.2. The van der Waals surface area contributed by atoms with Crippen LogP contribution in [0.4, 0.5) is 18.3 Å². The summed E-state index contributed by atoms with van der Waals surface area (Å²) in [7, 11) is 0. The minimum atomic E-state index is -4.73. The van der Waals surface area contributed by atoms with Crippen LogP contribution in [0.25, 0.3) is 10.2 Å². The Balaban J connectivity index is 2.24. The van der Waals surface area contributed by atoms with Crippen LogP contribution < -0.4 is 10.1 Å². The molecule has 4 nitrogen and oxygen atoms in total. The standard InChI is InChI=1S/C13H13F3N2O2S/c1-12(2,3)10(19)18-11-17-8-5-4-7(6-9(8)21-11)20-13(14,15)16/h4-6H,1-3H3,(H,17,18,19). The number of aromatic nitrogens is 1. The van der Waals surface area contributed by atoms with Gasteiger partial charge in [0, 0.05) is 11.5 Å². The van der Waals surface area contributed by atoms with Crippen molar-refractivity contribution in [3.05, 3.63) is 18.2 Å². The van der Waals surface area contributed by atoms with Crippen molar-refractivity contribution < 1.29 is 22.7 Å². The predicted octanol–water partition coefficient (Wildman–Crippen LogP) is 4.18. The molecule has 0 radical (unpaired) electrons. The van der Waals surface area contributed by atoms with Crippen molar-refractivity contribution in [3.8, 4) is 5.75 Å². The third kappa shape index (κ3) is 4.07. The summed E-state index contributed by atoms with van der Waals surface area (Å²) in [4.78, 5) is 16.0. The number of anilines is 1. The van der Waals surface area contributed by atoms with Gasteiger partial charge in [-0.15, -0.1) is 13.2 Å². The van der Waals surface area contributed by atoms with Crippen molar-refractivity contribution in [1.82, 2.24) is 4.98 Å².